The Morgan fingerprint density at radius 1 is 1.03 bits per heavy atom. The quantitative estimate of drug-likeness (QED) is 0.381. The number of hydrogen-bond acceptors (Lipinski definition) is 7. The Morgan fingerprint density at radius 3 is 2.71 bits per heavy atom. The third kappa shape index (κ3) is 4.81. The van der Waals surface area contributed by atoms with Gasteiger partial charge in [0, 0.05) is 16.8 Å². The third-order valence-electron chi connectivity index (χ3n) is 4.74. The number of benzene rings is 2. The van der Waals surface area contributed by atoms with E-state index in [0.29, 0.717) is 11.4 Å². The first-order valence-electron chi connectivity index (χ1n) is 10.0. The van der Waals surface area contributed by atoms with Gasteiger partial charge in [-0.1, -0.05) is 48.0 Å². The van der Waals surface area contributed by atoms with Crippen LogP contribution in [0.2, 0.25) is 5.02 Å². The molecule has 0 aliphatic carbocycles. The minimum Gasteiger partial charge on any atom is -0.288 e. The van der Waals surface area contributed by atoms with Crippen molar-refractivity contribution in [2.24, 2.45) is 0 Å². The SMILES string of the molecule is O=C(Nc1ncn(Cc2ccc(F)cc2Cl)n1)c1ccn(Cn2nnc(-c3ccccc3)n2)n1. The summed E-state index contributed by atoms with van der Waals surface area (Å²) in [6.07, 6.45) is 3.07. The number of carbonyl (C=O) groups excluding carboxylic acids is 1. The molecule has 0 spiro atoms. The fraction of sp³-hybridized carbons (Fsp3) is 0.0952. The van der Waals surface area contributed by atoms with Gasteiger partial charge in [0.05, 0.1) is 6.54 Å². The first-order chi connectivity index (χ1) is 16.5. The van der Waals surface area contributed by atoms with E-state index in [1.54, 1.807) is 18.3 Å². The molecule has 0 aliphatic rings. The lowest BCUT2D eigenvalue weighted by Crippen LogP contribution is -2.16. The summed E-state index contributed by atoms with van der Waals surface area (Å²) in [5.41, 5.74) is 1.69. The monoisotopic (exact) mass is 478 g/mol. The average Bonchev–Trinajstić information content (AvgIpc) is 3.58. The standard InChI is InChI=1S/C21H16ClFN10O/c22-17-10-16(23)7-6-15(17)11-32-12-24-21(29-32)25-20(34)18-8-9-31(27-18)13-33-28-19(26-30-33)14-4-2-1-3-5-14/h1-10,12H,11,13H2,(H,25,29,34). The third-order valence-corrected chi connectivity index (χ3v) is 5.09. The molecule has 34 heavy (non-hydrogen) atoms. The van der Waals surface area contributed by atoms with E-state index in [0.717, 1.165) is 5.56 Å². The van der Waals surface area contributed by atoms with E-state index < -0.39 is 11.7 Å². The van der Waals surface area contributed by atoms with Crippen molar-refractivity contribution in [3.8, 4) is 11.4 Å². The van der Waals surface area contributed by atoms with Crippen LogP contribution >= 0.6 is 11.6 Å². The predicted octanol–water partition coefficient (Wildman–Crippen LogP) is 2.73. The van der Waals surface area contributed by atoms with Crippen LogP contribution in [-0.4, -0.2) is 50.7 Å². The van der Waals surface area contributed by atoms with Gasteiger partial charge in [-0.2, -0.15) is 5.10 Å². The Bertz CT molecular complexity index is 1440. The van der Waals surface area contributed by atoms with Gasteiger partial charge < -0.3 is 0 Å². The van der Waals surface area contributed by atoms with E-state index in [9.17, 15) is 9.18 Å². The largest absolute Gasteiger partial charge is 0.288 e. The lowest BCUT2D eigenvalue weighted by atomic mass is 10.2. The molecule has 0 saturated carbocycles. The van der Waals surface area contributed by atoms with Crippen molar-refractivity contribution < 1.29 is 9.18 Å². The second-order valence-corrected chi connectivity index (χ2v) is 7.60. The smallest absolute Gasteiger partial charge is 0.278 e. The van der Waals surface area contributed by atoms with Gasteiger partial charge in [-0.3, -0.25) is 10.1 Å². The topological polar surface area (TPSA) is 121 Å². The normalized spacial score (nSPS) is 11.0. The summed E-state index contributed by atoms with van der Waals surface area (Å²) in [5.74, 6) is -0.304. The van der Waals surface area contributed by atoms with Crippen molar-refractivity contribution >= 4 is 23.5 Å². The molecule has 0 atom stereocenters. The van der Waals surface area contributed by atoms with E-state index in [4.69, 9.17) is 11.6 Å². The van der Waals surface area contributed by atoms with Gasteiger partial charge >= 0.3 is 0 Å². The number of tetrazole rings is 1. The van der Waals surface area contributed by atoms with Crippen LogP contribution in [0.15, 0.2) is 67.1 Å². The van der Waals surface area contributed by atoms with Crippen LogP contribution in [0, 0.1) is 5.82 Å². The van der Waals surface area contributed by atoms with Crippen molar-refractivity contribution in [3.63, 3.8) is 0 Å². The van der Waals surface area contributed by atoms with Gasteiger partial charge in [0.25, 0.3) is 5.91 Å². The molecule has 170 valence electrons. The molecule has 3 heterocycles. The number of hydrogen-bond donors (Lipinski definition) is 1. The van der Waals surface area contributed by atoms with Gasteiger partial charge in [0.15, 0.2) is 12.4 Å². The highest BCUT2D eigenvalue weighted by molar-refractivity contribution is 6.31. The van der Waals surface area contributed by atoms with Gasteiger partial charge in [-0.25, -0.2) is 18.7 Å². The number of halogens is 2. The molecule has 0 radical (unpaired) electrons. The van der Waals surface area contributed by atoms with Crippen molar-refractivity contribution in [2.75, 3.05) is 5.32 Å². The fourth-order valence-corrected chi connectivity index (χ4v) is 3.34. The zero-order valence-electron chi connectivity index (χ0n) is 17.5. The molecular weight excluding hydrogens is 463 g/mol. The summed E-state index contributed by atoms with van der Waals surface area (Å²) in [6.45, 7) is 0.449. The molecule has 1 amide bonds. The second kappa shape index (κ2) is 9.19. The maximum absolute atomic E-state index is 13.2. The van der Waals surface area contributed by atoms with Gasteiger partial charge in [0.2, 0.25) is 11.8 Å². The van der Waals surface area contributed by atoms with Gasteiger partial charge in [0.1, 0.15) is 12.1 Å². The van der Waals surface area contributed by atoms with Crippen LogP contribution in [-0.2, 0) is 13.2 Å². The molecule has 0 unspecified atom stereocenters. The summed E-state index contributed by atoms with van der Waals surface area (Å²) in [7, 11) is 0. The lowest BCUT2D eigenvalue weighted by Gasteiger charge is -2.04. The molecule has 5 aromatic rings. The number of amides is 1. The number of nitrogens with one attached hydrogen (secondary N) is 1. The van der Waals surface area contributed by atoms with Crippen molar-refractivity contribution in [1.82, 2.24) is 44.8 Å². The highest BCUT2D eigenvalue weighted by Crippen LogP contribution is 2.18. The Hall–Kier alpha value is -4.45. The van der Waals surface area contributed by atoms with E-state index in [2.05, 4.69) is 35.9 Å². The molecule has 3 aromatic heterocycles. The molecule has 0 bridgehead atoms. The molecule has 0 aliphatic heterocycles. The highest BCUT2D eigenvalue weighted by atomic mass is 35.5. The van der Waals surface area contributed by atoms with Crippen LogP contribution in [0.5, 0.6) is 0 Å². The van der Waals surface area contributed by atoms with Crippen LogP contribution in [0.1, 0.15) is 16.1 Å². The minimum atomic E-state index is -0.479. The lowest BCUT2D eigenvalue weighted by molar-refractivity contribution is 0.102. The molecule has 0 saturated heterocycles. The van der Waals surface area contributed by atoms with Crippen molar-refractivity contribution in [1.29, 1.82) is 0 Å². The summed E-state index contributed by atoms with van der Waals surface area (Å²) >= 11 is 6.05. The summed E-state index contributed by atoms with van der Waals surface area (Å²) in [4.78, 5) is 18.0. The maximum Gasteiger partial charge on any atom is 0.278 e. The molecule has 13 heteroatoms. The number of nitrogens with zero attached hydrogens (tertiary/aromatic N) is 9. The fourth-order valence-electron chi connectivity index (χ4n) is 3.12. The average molecular weight is 479 g/mol. The second-order valence-electron chi connectivity index (χ2n) is 7.19. The van der Waals surface area contributed by atoms with E-state index >= 15 is 0 Å². The predicted molar refractivity (Wildman–Crippen MR) is 119 cm³/mol. The van der Waals surface area contributed by atoms with E-state index in [1.807, 2.05) is 30.3 Å². The van der Waals surface area contributed by atoms with Gasteiger partial charge in [-0.05, 0) is 29.0 Å². The molecule has 1 N–H and O–H groups in total. The summed E-state index contributed by atoms with van der Waals surface area (Å²) < 4.78 is 16.2. The molecular formula is C21H16ClFN10O. The summed E-state index contributed by atoms with van der Waals surface area (Å²) in [6, 6.07) is 15.1. The number of rotatable bonds is 7. The molecule has 11 nitrogen and oxygen atoms in total. The highest BCUT2D eigenvalue weighted by Gasteiger charge is 2.14. The van der Waals surface area contributed by atoms with Crippen molar-refractivity contribution in [2.45, 2.75) is 13.2 Å². The van der Waals surface area contributed by atoms with Crippen LogP contribution in [0.4, 0.5) is 10.3 Å². The zero-order valence-corrected chi connectivity index (χ0v) is 18.2. The van der Waals surface area contributed by atoms with Crippen LogP contribution in [0.3, 0.4) is 0 Å². The molecule has 0 fully saturated rings. The number of aromatic nitrogens is 9. The van der Waals surface area contributed by atoms with E-state index in [-0.39, 0.29) is 29.9 Å². The van der Waals surface area contributed by atoms with Crippen molar-refractivity contribution in [3.05, 3.63) is 89.2 Å². The summed E-state index contributed by atoms with van der Waals surface area (Å²) in [5, 5.41) is 23.7. The number of carbonyl (C=O) groups is 1. The first kappa shape index (κ1) is 21.4. The molecule has 5 rings (SSSR count). The number of anilines is 1. The Kier molecular flexibility index (Phi) is 5.79. The zero-order chi connectivity index (χ0) is 23.5. The van der Waals surface area contributed by atoms with E-state index in [1.165, 1.54) is 32.6 Å². The van der Waals surface area contributed by atoms with Crippen LogP contribution in [0.25, 0.3) is 11.4 Å². The molecule has 2 aromatic carbocycles. The van der Waals surface area contributed by atoms with Gasteiger partial charge in [-0.15, -0.1) is 20.1 Å². The Labute approximate surface area is 196 Å². The minimum absolute atomic E-state index is 0.100. The Balaban J connectivity index is 1.21. The first-order valence-corrected chi connectivity index (χ1v) is 10.4. The Morgan fingerprint density at radius 2 is 1.88 bits per heavy atom. The van der Waals surface area contributed by atoms with Crippen LogP contribution < -0.4 is 5.32 Å². The maximum atomic E-state index is 13.2.